The third kappa shape index (κ3) is 5.98. The normalized spacial score (nSPS) is 18.5. The predicted octanol–water partition coefficient (Wildman–Crippen LogP) is 7.31. The summed E-state index contributed by atoms with van der Waals surface area (Å²) >= 11 is 4.04. The van der Waals surface area contributed by atoms with Crippen LogP contribution < -0.4 is 0 Å². The Hall–Kier alpha value is 0.150. The van der Waals surface area contributed by atoms with Crippen LogP contribution in [0.25, 0.3) is 0 Å². The maximum Gasteiger partial charge on any atom is 0.136 e. The Morgan fingerprint density at radius 3 is 2.00 bits per heavy atom. The van der Waals surface area contributed by atoms with Gasteiger partial charge in [-0.1, -0.05) is 82.7 Å². The average Bonchev–Trinajstić information content (AvgIpc) is 2.49. The Morgan fingerprint density at radius 2 is 1.64 bits per heavy atom. The van der Waals surface area contributed by atoms with Crippen LogP contribution in [-0.4, -0.2) is 10.1 Å². The minimum Gasteiger partial charge on any atom is -0.299 e. The number of unbranched alkanes of at least 4 members (excludes halogenated alkanes) is 1. The van der Waals surface area contributed by atoms with Gasteiger partial charge in [0.25, 0.3) is 0 Å². The lowest BCUT2D eigenvalue weighted by Gasteiger charge is -2.44. The van der Waals surface area contributed by atoms with Crippen molar-refractivity contribution in [1.29, 1.82) is 0 Å². The van der Waals surface area contributed by atoms with Crippen LogP contribution in [-0.2, 0) is 4.79 Å². The monoisotopic (exact) mass is 374 g/mol. The fourth-order valence-corrected chi connectivity index (χ4v) is 5.04. The lowest BCUT2D eigenvalue weighted by molar-refractivity contribution is -0.132. The van der Waals surface area contributed by atoms with Gasteiger partial charge < -0.3 is 0 Å². The van der Waals surface area contributed by atoms with Crippen molar-refractivity contribution in [3.05, 3.63) is 0 Å². The Labute approximate surface area is 148 Å². The second-order valence-electron chi connectivity index (χ2n) is 7.14. The summed E-state index contributed by atoms with van der Waals surface area (Å²) in [4.78, 5) is 12.8. The molecule has 0 bridgehead atoms. The number of rotatable bonds is 13. The van der Waals surface area contributed by atoms with Gasteiger partial charge >= 0.3 is 0 Å². The number of hydrogen-bond donors (Lipinski definition) is 0. The smallest absolute Gasteiger partial charge is 0.136 e. The highest BCUT2D eigenvalue weighted by molar-refractivity contribution is 9.10. The molecule has 0 amide bonds. The van der Waals surface area contributed by atoms with Gasteiger partial charge in [-0.25, -0.2) is 0 Å². The van der Waals surface area contributed by atoms with Gasteiger partial charge in [0.1, 0.15) is 5.78 Å². The fourth-order valence-electron chi connectivity index (χ4n) is 4.14. The van der Waals surface area contributed by atoms with Crippen LogP contribution in [0.3, 0.4) is 0 Å². The van der Waals surface area contributed by atoms with E-state index < -0.39 is 0 Å². The van der Waals surface area contributed by atoms with Gasteiger partial charge in [0.2, 0.25) is 0 Å². The van der Waals surface area contributed by atoms with Crippen molar-refractivity contribution in [3.8, 4) is 0 Å². The molecule has 1 nitrogen and oxygen atoms in total. The molecule has 0 aromatic carbocycles. The largest absolute Gasteiger partial charge is 0.299 e. The van der Waals surface area contributed by atoms with Crippen LogP contribution in [0.4, 0.5) is 0 Å². The van der Waals surface area contributed by atoms with E-state index in [1.165, 1.54) is 32.1 Å². The molecule has 0 aromatic rings. The predicted molar refractivity (Wildman–Crippen MR) is 103 cm³/mol. The van der Waals surface area contributed by atoms with Gasteiger partial charge in [-0.15, -0.1) is 0 Å². The highest BCUT2D eigenvalue weighted by atomic mass is 79.9. The molecule has 0 N–H and O–H groups in total. The summed E-state index contributed by atoms with van der Waals surface area (Å²) in [6.07, 6.45) is 11.3. The number of Topliss-reactive ketones (excluding diaryl/α,β-unsaturated/α-hetero) is 1. The van der Waals surface area contributed by atoms with Crippen LogP contribution in [0.1, 0.15) is 106 Å². The quantitative estimate of drug-likeness (QED) is 0.308. The zero-order valence-corrected chi connectivity index (χ0v) is 17.5. The lowest BCUT2D eigenvalue weighted by Crippen LogP contribution is -2.43. The van der Waals surface area contributed by atoms with E-state index in [2.05, 4.69) is 50.5 Å². The van der Waals surface area contributed by atoms with Crippen molar-refractivity contribution in [2.24, 2.45) is 11.3 Å². The molecule has 0 aromatic heterocycles. The summed E-state index contributed by atoms with van der Waals surface area (Å²) in [7, 11) is 0. The molecule has 0 rings (SSSR count). The Balaban J connectivity index is 5.65. The van der Waals surface area contributed by atoms with E-state index in [0.29, 0.717) is 11.7 Å². The van der Waals surface area contributed by atoms with Gasteiger partial charge in [0.05, 0.1) is 0 Å². The molecule has 0 spiro atoms. The van der Waals surface area contributed by atoms with Crippen LogP contribution in [0.2, 0.25) is 0 Å². The van der Waals surface area contributed by atoms with Crippen LogP contribution in [0.5, 0.6) is 0 Å². The van der Waals surface area contributed by atoms with Crippen molar-refractivity contribution in [2.75, 3.05) is 0 Å². The van der Waals surface area contributed by atoms with Crippen molar-refractivity contribution in [3.63, 3.8) is 0 Å². The van der Waals surface area contributed by atoms with E-state index in [9.17, 15) is 4.79 Å². The van der Waals surface area contributed by atoms with Crippen molar-refractivity contribution in [1.82, 2.24) is 0 Å². The molecule has 3 unspecified atom stereocenters. The minimum atomic E-state index is -0.130. The molecule has 0 aliphatic rings. The van der Waals surface area contributed by atoms with Crippen LogP contribution in [0, 0.1) is 11.3 Å². The first-order valence-corrected chi connectivity index (χ1v) is 10.3. The third-order valence-electron chi connectivity index (χ3n) is 5.55. The molecule has 0 aliphatic carbocycles. The first-order valence-electron chi connectivity index (χ1n) is 9.55. The number of hydrogen-bond acceptors (Lipinski definition) is 1. The Morgan fingerprint density at radius 1 is 1.00 bits per heavy atom. The number of carbonyl (C=O) groups is 1. The van der Waals surface area contributed by atoms with E-state index in [4.69, 9.17) is 0 Å². The number of alkyl halides is 1. The van der Waals surface area contributed by atoms with E-state index in [1.807, 2.05) is 6.92 Å². The Bertz CT molecular complexity index is 315. The zero-order chi connectivity index (χ0) is 17.2. The molecule has 132 valence electrons. The van der Waals surface area contributed by atoms with Crippen molar-refractivity contribution in [2.45, 2.75) is 110 Å². The fraction of sp³-hybridized carbons (Fsp3) is 0.950. The second-order valence-corrected chi connectivity index (χ2v) is 8.82. The number of ketones is 1. The third-order valence-corrected chi connectivity index (χ3v) is 6.79. The highest BCUT2D eigenvalue weighted by Crippen LogP contribution is 2.49. The maximum absolute atomic E-state index is 12.8. The molecule has 0 radical (unpaired) electrons. The summed E-state index contributed by atoms with van der Waals surface area (Å²) in [5.41, 5.74) is -0.130. The van der Waals surface area contributed by atoms with Crippen molar-refractivity contribution >= 4 is 21.7 Å². The summed E-state index contributed by atoms with van der Waals surface area (Å²) in [5, 5.41) is 0. The van der Waals surface area contributed by atoms with E-state index in [1.54, 1.807) is 0 Å². The molecule has 2 heteroatoms. The van der Waals surface area contributed by atoms with Gasteiger partial charge in [-0.3, -0.25) is 4.79 Å². The molecule has 0 heterocycles. The van der Waals surface area contributed by atoms with Gasteiger partial charge in [0, 0.05) is 9.74 Å². The van der Waals surface area contributed by atoms with Crippen LogP contribution in [0.15, 0.2) is 0 Å². The second kappa shape index (κ2) is 10.8. The molecule has 0 aliphatic heterocycles. The number of carbonyl (C=O) groups excluding carboxylic acids is 1. The lowest BCUT2D eigenvalue weighted by atomic mass is 9.61. The number of halogens is 1. The summed E-state index contributed by atoms with van der Waals surface area (Å²) < 4.78 is 0.127. The van der Waals surface area contributed by atoms with Gasteiger partial charge in [0.15, 0.2) is 0 Å². The maximum atomic E-state index is 12.8. The standard InChI is InChI=1S/C20H39BrO/c1-7-12-15-20(17(6)22,18(10-4)13-8-2)16-19(21,11-5)14-9-3/h18H,7-16H2,1-6H3. The zero-order valence-electron chi connectivity index (χ0n) is 15.9. The molecule has 0 saturated carbocycles. The average molecular weight is 375 g/mol. The molecular formula is C20H39BrO. The van der Waals surface area contributed by atoms with E-state index in [-0.39, 0.29) is 9.74 Å². The van der Waals surface area contributed by atoms with Gasteiger partial charge in [-0.2, -0.15) is 0 Å². The summed E-state index contributed by atoms with van der Waals surface area (Å²) in [6.45, 7) is 13.1. The molecule has 3 atom stereocenters. The molecule has 0 saturated heterocycles. The summed E-state index contributed by atoms with van der Waals surface area (Å²) in [5.74, 6) is 0.955. The first-order chi connectivity index (χ1) is 10.4. The molecular weight excluding hydrogens is 336 g/mol. The van der Waals surface area contributed by atoms with E-state index in [0.717, 1.165) is 32.1 Å². The Kier molecular flexibility index (Phi) is 10.9. The molecule has 22 heavy (non-hydrogen) atoms. The minimum absolute atomic E-state index is 0.127. The first kappa shape index (κ1) is 22.1. The summed E-state index contributed by atoms with van der Waals surface area (Å²) in [6, 6.07) is 0. The van der Waals surface area contributed by atoms with Crippen LogP contribution >= 0.6 is 15.9 Å². The molecule has 0 fully saturated rings. The van der Waals surface area contributed by atoms with E-state index >= 15 is 0 Å². The topological polar surface area (TPSA) is 17.1 Å². The van der Waals surface area contributed by atoms with Gasteiger partial charge in [-0.05, 0) is 44.9 Å². The van der Waals surface area contributed by atoms with Crippen molar-refractivity contribution < 1.29 is 4.79 Å². The SMILES string of the molecule is CCCCC(CC(Br)(CC)CCC)(C(C)=O)C(CC)CCC. The highest BCUT2D eigenvalue weighted by Gasteiger charge is 2.45.